The minimum Gasteiger partial charge on any atom is -0.465 e. The second-order valence-electron chi connectivity index (χ2n) is 8.27. The van der Waals surface area contributed by atoms with Crippen LogP contribution < -0.4 is 10.4 Å². The highest BCUT2D eigenvalue weighted by atomic mass is 32.1. The maximum Gasteiger partial charge on any atom is 0.349 e. The molecule has 2 heterocycles. The molecule has 176 valence electrons. The van der Waals surface area contributed by atoms with E-state index in [0.717, 1.165) is 32.1 Å². The number of rotatable bonds is 4. The van der Waals surface area contributed by atoms with E-state index >= 15 is 0 Å². The standard InChI is InChI=1S/C27H22N2O5S/c1-4-33-23(30)14-29-21-12-15(2)11-16(3)24(21)35-27(29)28-25(31)20-13-19-18-8-6-5-7-17(18)9-10-22(19)34-26(20)32/h5-13H,4,14H2,1-3H3. The Morgan fingerprint density at radius 3 is 2.66 bits per heavy atom. The summed E-state index contributed by atoms with van der Waals surface area (Å²) in [6.07, 6.45) is 0. The van der Waals surface area contributed by atoms with E-state index in [2.05, 4.69) is 4.99 Å². The van der Waals surface area contributed by atoms with Crippen LogP contribution in [0.4, 0.5) is 0 Å². The number of ether oxygens (including phenoxy) is 1. The molecule has 0 aliphatic heterocycles. The summed E-state index contributed by atoms with van der Waals surface area (Å²) in [6, 6.07) is 16.8. The highest BCUT2D eigenvalue weighted by Crippen LogP contribution is 2.26. The van der Waals surface area contributed by atoms with Crippen molar-refractivity contribution >= 4 is 55.2 Å². The first-order valence-corrected chi connectivity index (χ1v) is 12.0. The molecule has 1 amide bonds. The first kappa shape index (κ1) is 22.7. The molecule has 0 atom stereocenters. The van der Waals surface area contributed by atoms with Gasteiger partial charge in [0.2, 0.25) is 0 Å². The van der Waals surface area contributed by atoms with E-state index in [-0.39, 0.29) is 18.7 Å². The summed E-state index contributed by atoms with van der Waals surface area (Å²) in [5.74, 6) is -1.16. The summed E-state index contributed by atoms with van der Waals surface area (Å²) < 4.78 is 13.2. The monoisotopic (exact) mass is 486 g/mol. The van der Waals surface area contributed by atoms with Crippen LogP contribution in [0.25, 0.3) is 32.0 Å². The molecule has 8 heteroatoms. The van der Waals surface area contributed by atoms with E-state index in [1.54, 1.807) is 17.6 Å². The van der Waals surface area contributed by atoms with Crippen molar-refractivity contribution in [2.45, 2.75) is 27.3 Å². The average Bonchev–Trinajstić information content (AvgIpc) is 3.15. The molecule has 0 aliphatic carbocycles. The third-order valence-corrected chi connectivity index (χ3v) is 7.01. The van der Waals surface area contributed by atoms with E-state index in [1.807, 2.05) is 56.3 Å². The van der Waals surface area contributed by atoms with Crippen molar-refractivity contribution in [3.05, 3.63) is 86.5 Å². The molecule has 0 fully saturated rings. The first-order chi connectivity index (χ1) is 16.9. The van der Waals surface area contributed by atoms with Gasteiger partial charge in [0, 0.05) is 5.39 Å². The maximum atomic E-state index is 13.3. The molecule has 0 spiro atoms. The van der Waals surface area contributed by atoms with E-state index < -0.39 is 17.5 Å². The Labute approximate surface area is 203 Å². The molecule has 2 aromatic heterocycles. The lowest BCUT2D eigenvalue weighted by Crippen LogP contribution is -2.24. The smallest absolute Gasteiger partial charge is 0.349 e. The van der Waals surface area contributed by atoms with Gasteiger partial charge < -0.3 is 13.7 Å². The van der Waals surface area contributed by atoms with Crippen molar-refractivity contribution in [3.8, 4) is 0 Å². The summed E-state index contributed by atoms with van der Waals surface area (Å²) >= 11 is 1.29. The Hall–Kier alpha value is -4.04. The fourth-order valence-corrected chi connectivity index (χ4v) is 5.33. The lowest BCUT2D eigenvalue weighted by Gasteiger charge is -2.06. The Kier molecular flexibility index (Phi) is 5.82. The second kappa shape index (κ2) is 8.96. The summed E-state index contributed by atoms with van der Waals surface area (Å²) in [7, 11) is 0. The second-order valence-corrected chi connectivity index (χ2v) is 9.25. The largest absolute Gasteiger partial charge is 0.465 e. The highest BCUT2D eigenvalue weighted by Gasteiger charge is 2.18. The van der Waals surface area contributed by atoms with Gasteiger partial charge in [0.1, 0.15) is 17.7 Å². The fraction of sp³-hybridized carbons (Fsp3) is 0.185. The van der Waals surface area contributed by atoms with Crippen molar-refractivity contribution < 1.29 is 18.7 Å². The molecular weight excluding hydrogens is 464 g/mol. The molecule has 35 heavy (non-hydrogen) atoms. The molecule has 0 radical (unpaired) electrons. The number of carbonyl (C=O) groups excluding carboxylic acids is 2. The number of aromatic nitrogens is 1. The van der Waals surface area contributed by atoms with Crippen molar-refractivity contribution in [2.75, 3.05) is 6.61 Å². The first-order valence-electron chi connectivity index (χ1n) is 11.2. The number of amides is 1. The summed E-state index contributed by atoms with van der Waals surface area (Å²) in [5, 5.41) is 2.49. The third kappa shape index (κ3) is 4.17. The summed E-state index contributed by atoms with van der Waals surface area (Å²) in [5.41, 5.74) is 2.28. The van der Waals surface area contributed by atoms with E-state index in [1.165, 1.54) is 17.4 Å². The lowest BCUT2D eigenvalue weighted by atomic mass is 10.0. The number of hydrogen-bond donors (Lipinski definition) is 0. The van der Waals surface area contributed by atoms with Crippen LogP contribution in [0, 0.1) is 13.8 Å². The van der Waals surface area contributed by atoms with Gasteiger partial charge in [-0.25, -0.2) is 4.79 Å². The van der Waals surface area contributed by atoms with Crippen LogP contribution in [0.2, 0.25) is 0 Å². The zero-order valence-electron chi connectivity index (χ0n) is 19.5. The fourth-order valence-electron chi connectivity index (χ4n) is 4.25. The zero-order valence-corrected chi connectivity index (χ0v) is 20.3. The third-order valence-electron chi connectivity index (χ3n) is 5.78. The number of esters is 1. The van der Waals surface area contributed by atoms with Crippen LogP contribution in [0.5, 0.6) is 0 Å². The zero-order chi connectivity index (χ0) is 24.7. The Morgan fingerprint density at radius 1 is 1.06 bits per heavy atom. The number of nitrogens with zero attached hydrogens (tertiary/aromatic N) is 2. The van der Waals surface area contributed by atoms with Gasteiger partial charge >= 0.3 is 11.6 Å². The van der Waals surface area contributed by atoms with Gasteiger partial charge in [-0.05, 0) is 60.9 Å². The number of hydrogen-bond acceptors (Lipinski definition) is 6. The SMILES string of the molecule is CCOC(=O)Cn1c(=NC(=O)c2cc3c(ccc4ccccc43)oc2=O)sc2c(C)cc(C)cc21. The Bertz CT molecular complexity index is 1770. The molecule has 7 nitrogen and oxygen atoms in total. The molecule has 0 saturated carbocycles. The van der Waals surface area contributed by atoms with Crippen molar-refractivity contribution in [1.29, 1.82) is 0 Å². The molecular formula is C27H22N2O5S. The van der Waals surface area contributed by atoms with E-state index in [4.69, 9.17) is 9.15 Å². The average molecular weight is 487 g/mol. The Morgan fingerprint density at radius 2 is 1.86 bits per heavy atom. The van der Waals surface area contributed by atoms with Crippen molar-refractivity contribution in [3.63, 3.8) is 0 Å². The predicted octanol–water partition coefficient (Wildman–Crippen LogP) is 4.88. The maximum absolute atomic E-state index is 13.3. The normalized spacial score (nSPS) is 12.0. The number of carbonyl (C=O) groups is 2. The van der Waals surface area contributed by atoms with Crippen LogP contribution in [-0.2, 0) is 16.1 Å². The quantitative estimate of drug-likeness (QED) is 0.205. The lowest BCUT2D eigenvalue weighted by molar-refractivity contribution is -0.143. The molecule has 0 aliphatic rings. The predicted molar refractivity (Wildman–Crippen MR) is 136 cm³/mol. The molecule has 0 unspecified atom stereocenters. The van der Waals surface area contributed by atoms with Gasteiger partial charge in [-0.15, -0.1) is 0 Å². The molecule has 0 bridgehead atoms. The van der Waals surface area contributed by atoms with Gasteiger partial charge in [-0.3, -0.25) is 9.59 Å². The molecule has 3 aromatic carbocycles. The van der Waals surface area contributed by atoms with Crippen molar-refractivity contribution in [2.24, 2.45) is 4.99 Å². The topological polar surface area (TPSA) is 90.9 Å². The minimum atomic E-state index is -0.758. The molecule has 0 N–H and O–H groups in total. The van der Waals surface area contributed by atoms with Crippen LogP contribution in [0.15, 0.2) is 68.8 Å². The molecule has 5 aromatic rings. The number of benzene rings is 3. The van der Waals surface area contributed by atoms with Crippen LogP contribution in [-0.4, -0.2) is 23.1 Å². The summed E-state index contributed by atoms with van der Waals surface area (Å²) in [4.78, 5) is 42.9. The van der Waals surface area contributed by atoms with E-state index in [0.29, 0.717) is 15.8 Å². The van der Waals surface area contributed by atoms with Gasteiger partial charge in [0.25, 0.3) is 5.91 Å². The minimum absolute atomic E-state index is 0.0974. The Balaban J connectivity index is 1.70. The number of aryl methyl sites for hydroxylation is 2. The van der Waals surface area contributed by atoms with Crippen LogP contribution in [0.3, 0.4) is 0 Å². The van der Waals surface area contributed by atoms with Gasteiger partial charge in [-0.2, -0.15) is 4.99 Å². The molecule has 5 rings (SSSR count). The van der Waals surface area contributed by atoms with Gasteiger partial charge in [-0.1, -0.05) is 47.7 Å². The molecule has 0 saturated heterocycles. The summed E-state index contributed by atoms with van der Waals surface area (Å²) in [6.45, 7) is 5.82. The van der Waals surface area contributed by atoms with Crippen LogP contribution in [0.1, 0.15) is 28.4 Å². The van der Waals surface area contributed by atoms with Crippen molar-refractivity contribution in [1.82, 2.24) is 4.57 Å². The number of fused-ring (bicyclic) bond motifs is 4. The van der Waals surface area contributed by atoms with Crippen LogP contribution >= 0.6 is 11.3 Å². The van der Waals surface area contributed by atoms with Gasteiger partial charge in [0.15, 0.2) is 4.80 Å². The van der Waals surface area contributed by atoms with E-state index in [9.17, 15) is 14.4 Å². The number of thiazole rings is 1. The van der Waals surface area contributed by atoms with Gasteiger partial charge in [0.05, 0.1) is 16.8 Å². The highest BCUT2D eigenvalue weighted by molar-refractivity contribution is 7.16.